The SMILES string of the molecule is CNC(c1ccco1)C(C)C=COC. The summed E-state index contributed by atoms with van der Waals surface area (Å²) in [5.41, 5.74) is 0. The molecule has 0 bridgehead atoms. The van der Waals surface area contributed by atoms with Crippen LogP contribution in [0.3, 0.4) is 0 Å². The lowest BCUT2D eigenvalue weighted by molar-refractivity contribution is 0.326. The Bertz CT molecular complexity index is 267. The van der Waals surface area contributed by atoms with Gasteiger partial charge in [0.05, 0.1) is 25.7 Å². The van der Waals surface area contributed by atoms with E-state index in [1.165, 1.54) is 0 Å². The maximum absolute atomic E-state index is 5.35. The van der Waals surface area contributed by atoms with Crippen LogP contribution in [0.15, 0.2) is 35.2 Å². The first-order valence-electron chi connectivity index (χ1n) is 4.69. The minimum atomic E-state index is 0.191. The minimum Gasteiger partial charge on any atom is -0.505 e. The molecule has 1 N–H and O–H groups in total. The molecule has 0 fully saturated rings. The van der Waals surface area contributed by atoms with Crippen molar-refractivity contribution in [1.82, 2.24) is 5.32 Å². The van der Waals surface area contributed by atoms with Crippen molar-refractivity contribution in [3.05, 3.63) is 36.5 Å². The van der Waals surface area contributed by atoms with E-state index in [4.69, 9.17) is 9.15 Å². The van der Waals surface area contributed by atoms with Crippen LogP contribution in [-0.2, 0) is 4.74 Å². The van der Waals surface area contributed by atoms with Gasteiger partial charge >= 0.3 is 0 Å². The van der Waals surface area contributed by atoms with Crippen molar-refractivity contribution in [2.45, 2.75) is 13.0 Å². The van der Waals surface area contributed by atoms with Crippen molar-refractivity contribution in [1.29, 1.82) is 0 Å². The van der Waals surface area contributed by atoms with Crippen LogP contribution in [0.1, 0.15) is 18.7 Å². The maximum Gasteiger partial charge on any atom is 0.121 e. The summed E-state index contributed by atoms with van der Waals surface area (Å²) in [6, 6.07) is 4.06. The lowest BCUT2D eigenvalue weighted by Gasteiger charge is -2.18. The highest BCUT2D eigenvalue weighted by Crippen LogP contribution is 2.22. The van der Waals surface area contributed by atoms with Crippen LogP contribution in [0.4, 0.5) is 0 Å². The molecule has 0 amide bonds. The third-order valence-corrected chi connectivity index (χ3v) is 2.20. The first-order chi connectivity index (χ1) is 6.79. The Hall–Kier alpha value is -1.22. The Labute approximate surface area is 84.8 Å². The van der Waals surface area contributed by atoms with Crippen LogP contribution in [0, 0.1) is 5.92 Å². The van der Waals surface area contributed by atoms with Crippen LogP contribution in [0.25, 0.3) is 0 Å². The molecule has 0 saturated heterocycles. The summed E-state index contributed by atoms with van der Waals surface area (Å²) in [7, 11) is 3.56. The molecule has 0 aliphatic heterocycles. The Morgan fingerprint density at radius 1 is 1.57 bits per heavy atom. The smallest absolute Gasteiger partial charge is 0.121 e. The van der Waals surface area contributed by atoms with E-state index in [0.717, 1.165) is 5.76 Å². The molecule has 14 heavy (non-hydrogen) atoms. The molecule has 2 unspecified atom stereocenters. The summed E-state index contributed by atoms with van der Waals surface area (Å²) in [6.45, 7) is 2.11. The zero-order valence-corrected chi connectivity index (χ0v) is 8.86. The van der Waals surface area contributed by atoms with E-state index < -0.39 is 0 Å². The van der Waals surface area contributed by atoms with Gasteiger partial charge in [0.1, 0.15) is 5.76 Å². The highest BCUT2D eigenvalue weighted by Gasteiger charge is 2.17. The van der Waals surface area contributed by atoms with Gasteiger partial charge in [-0.3, -0.25) is 0 Å². The third kappa shape index (κ3) is 2.64. The summed E-state index contributed by atoms with van der Waals surface area (Å²) >= 11 is 0. The minimum absolute atomic E-state index is 0.191. The maximum atomic E-state index is 5.35. The van der Waals surface area contributed by atoms with E-state index in [0.29, 0.717) is 5.92 Å². The molecule has 0 spiro atoms. The van der Waals surface area contributed by atoms with Gasteiger partial charge in [-0.15, -0.1) is 0 Å². The van der Waals surface area contributed by atoms with Gasteiger partial charge in [-0.1, -0.05) is 6.92 Å². The molecular weight excluding hydrogens is 178 g/mol. The number of hydrogen-bond donors (Lipinski definition) is 1. The molecule has 1 aromatic rings. The number of nitrogens with one attached hydrogen (secondary N) is 1. The van der Waals surface area contributed by atoms with E-state index in [1.807, 2.05) is 25.3 Å². The van der Waals surface area contributed by atoms with Crippen LogP contribution >= 0.6 is 0 Å². The molecule has 2 atom stereocenters. The monoisotopic (exact) mass is 195 g/mol. The third-order valence-electron chi connectivity index (χ3n) is 2.20. The van der Waals surface area contributed by atoms with Crippen LogP contribution < -0.4 is 5.32 Å². The number of furan rings is 1. The van der Waals surface area contributed by atoms with Gasteiger partial charge in [-0.25, -0.2) is 0 Å². The largest absolute Gasteiger partial charge is 0.505 e. The van der Waals surface area contributed by atoms with Gasteiger partial charge in [0.2, 0.25) is 0 Å². The summed E-state index contributed by atoms with van der Waals surface area (Å²) in [5, 5.41) is 3.21. The van der Waals surface area contributed by atoms with Crippen LogP contribution in [0.2, 0.25) is 0 Å². The first kappa shape index (κ1) is 10.9. The highest BCUT2D eigenvalue weighted by molar-refractivity contribution is 5.08. The summed E-state index contributed by atoms with van der Waals surface area (Å²) in [5.74, 6) is 1.27. The fourth-order valence-corrected chi connectivity index (χ4v) is 1.45. The Balaban J connectivity index is 2.67. The number of hydrogen-bond acceptors (Lipinski definition) is 3. The van der Waals surface area contributed by atoms with Gasteiger partial charge in [-0.2, -0.15) is 0 Å². The average molecular weight is 195 g/mol. The van der Waals surface area contributed by atoms with Crippen LogP contribution in [0.5, 0.6) is 0 Å². The Morgan fingerprint density at radius 3 is 2.86 bits per heavy atom. The van der Waals surface area contributed by atoms with Gasteiger partial charge in [-0.05, 0) is 31.2 Å². The average Bonchev–Trinajstić information content (AvgIpc) is 2.69. The van der Waals surface area contributed by atoms with Gasteiger partial charge in [0, 0.05) is 0 Å². The molecular formula is C11H17NO2. The summed E-state index contributed by atoms with van der Waals surface area (Å²) < 4.78 is 10.2. The molecule has 0 aromatic carbocycles. The van der Waals surface area contributed by atoms with E-state index >= 15 is 0 Å². The second-order valence-corrected chi connectivity index (χ2v) is 3.21. The van der Waals surface area contributed by atoms with E-state index in [1.54, 1.807) is 19.6 Å². The molecule has 3 heteroatoms. The molecule has 0 saturated carbocycles. The fourth-order valence-electron chi connectivity index (χ4n) is 1.45. The molecule has 0 aliphatic carbocycles. The number of methoxy groups -OCH3 is 1. The topological polar surface area (TPSA) is 34.4 Å². The first-order valence-corrected chi connectivity index (χ1v) is 4.69. The molecule has 3 nitrogen and oxygen atoms in total. The number of ether oxygens (including phenoxy) is 1. The predicted molar refractivity (Wildman–Crippen MR) is 55.8 cm³/mol. The predicted octanol–water partition coefficient (Wildman–Crippen LogP) is 2.34. The lowest BCUT2D eigenvalue weighted by atomic mass is 10.00. The van der Waals surface area contributed by atoms with Gasteiger partial charge in [0.15, 0.2) is 0 Å². The van der Waals surface area contributed by atoms with Crippen molar-refractivity contribution >= 4 is 0 Å². The zero-order chi connectivity index (χ0) is 10.4. The summed E-state index contributed by atoms with van der Waals surface area (Å²) in [4.78, 5) is 0. The fraction of sp³-hybridized carbons (Fsp3) is 0.455. The van der Waals surface area contributed by atoms with Crippen molar-refractivity contribution in [3.8, 4) is 0 Å². The van der Waals surface area contributed by atoms with Crippen molar-refractivity contribution in [2.75, 3.05) is 14.2 Å². The Kier molecular flexibility index (Phi) is 4.26. The summed E-state index contributed by atoms with van der Waals surface area (Å²) in [6.07, 6.45) is 5.38. The van der Waals surface area contributed by atoms with Crippen LogP contribution in [-0.4, -0.2) is 14.2 Å². The molecule has 0 aliphatic rings. The molecule has 1 heterocycles. The Morgan fingerprint density at radius 2 is 2.36 bits per heavy atom. The van der Waals surface area contributed by atoms with E-state index in [9.17, 15) is 0 Å². The van der Waals surface area contributed by atoms with Crippen molar-refractivity contribution in [3.63, 3.8) is 0 Å². The van der Waals surface area contributed by atoms with E-state index in [2.05, 4.69) is 12.2 Å². The lowest BCUT2D eigenvalue weighted by Crippen LogP contribution is -2.21. The van der Waals surface area contributed by atoms with Gasteiger partial charge < -0.3 is 14.5 Å². The van der Waals surface area contributed by atoms with Crippen molar-refractivity contribution in [2.24, 2.45) is 5.92 Å². The molecule has 1 rings (SSSR count). The molecule has 1 aromatic heterocycles. The second-order valence-electron chi connectivity index (χ2n) is 3.21. The molecule has 78 valence electrons. The standard InChI is InChI=1S/C11H17NO2/c1-9(6-8-13-3)11(12-2)10-5-4-7-14-10/h4-9,11-12H,1-3H3. The molecule has 0 radical (unpaired) electrons. The second kappa shape index (κ2) is 5.50. The quantitative estimate of drug-likeness (QED) is 0.732. The normalized spacial score (nSPS) is 15.6. The highest BCUT2D eigenvalue weighted by atomic mass is 16.5. The van der Waals surface area contributed by atoms with Gasteiger partial charge in [0.25, 0.3) is 0 Å². The number of rotatable bonds is 5. The zero-order valence-electron chi connectivity index (χ0n) is 8.86. The van der Waals surface area contributed by atoms with Crippen molar-refractivity contribution < 1.29 is 9.15 Å². The van der Waals surface area contributed by atoms with E-state index in [-0.39, 0.29) is 6.04 Å².